The molecule has 1 amide bonds. The smallest absolute Gasteiger partial charge is 0.306 e. The maximum absolute atomic E-state index is 11.5. The van der Waals surface area contributed by atoms with Gasteiger partial charge in [-0.3, -0.25) is 9.59 Å². The van der Waals surface area contributed by atoms with Crippen LogP contribution in [0.4, 0.5) is 5.13 Å². The first kappa shape index (κ1) is 15.1. The van der Waals surface area contributed by atoms with Crippen molar-refractivity contribution in [3.8, 4) is 0 Å². The van der Waals surface area contributed by atoms with Gasteiger partial charge in [0.2, 0.25) is 5.91 Å². The van der Waals surface area contributed by atoms with E-state index in [1.807, 2.05) is 0 Å². The Morgan fingerprint density at radius 2 is 2.11 bits per heavy atom. The molecule has 0 bridgehead atoms. The molecule has 0 unspecified atom stereocenters. The van der Waals surface area contributed by atoms with E-state index in [-0.39, 0.29) is 24.7 Å². The van der Waals surface area contributed by atoms with Crippen molar-refractivity contribution in [2.24, 2.45) is 0 Å². The Balaban J connectivity index is 2.31. The number of rotatable bonds is 4. The van der Waals surface area contributed by atoms with Crippen molar-refractivity contribution in [2.45, 2.75) is 39.2 Å². The van der Waals surface area contributed by atoms with Crippen molar-refractivity contribution in [1.29, 1.82) is 0 Å². The highest BCUT2D eigenvalue weighted by Gasteiger charge is 2.17. The number of carbonyl (C=O) groups is 2. The first-order chi connectivity index (χ1) is 8.26. The molecule has 1 aromatic rings. The lowest BCUT2D eigenvalue weighted by molar-refractivity contribution is -0.155. The highest BCUT2D eigenvalue weighted by atomic mass is 79.9. The monoisotopic (exact) mass is 334 g/mol. The van der Waals surface area contributed by atoms with Crippen LogP contribution in [0.25, 0.3) is 0 Å². The van der Waals surface area contributed by atoms with Crippen LogP contribution in [0.1, 0.15) is 33.6 Å². The molecule has 1 N–H and O–H groups in total. The molecule has 0 saturated carbocycles. The molecule has 1 heterocycles. The number of nitrogens with zero attached hydrogens (tertiary/aromatic N) is 1. The van der Waals surface area contributed by atoms with E-state index in [1.54, 1.807) is 27.0 Å². The second-order valence-corrected chi connectivity index (χ2v) is 7.01. The third kappa shape index (κ3) is 6.11. The zero-order valence-electron chi connectivity index (χ0n) is 10.4. The Bertz CT molecular complexity index is 440. The number of carbonyl (C=O) groups excluding carboxylic acids is 2. The summed E-state index contributed by atoms with van der Waals surface area (Å²) in [4.78, 5) is 26.9. The molecular formula is C11H15BrN2O3S. The van der Waals surface area contributed by atoms with E-state index in [2.05, 4.69) is 26.2 Å². The fourth-order valence-corrected chi connectivity index (χ4v) is 2.22. The molecule has 1 rings (SSSR count). The van der Waals surface area contributed by atoms with E-state index in [1.165, 1.54) is 11.3 Å². The number of hydrogen-bond donors (Lipinski definition) is 1. The number of ether oxygens (including phenoxy) is 1. The molecule has 1 aromatic heterocycles. The number of hydrogen-bond acceptors (Lipinski definition) is 5. The van der Waals surface area contributed by atoms with Gasteiger partial charge in [0.1, 0.15) is 5.60 Å². The van der Waals surface area contributed by atoms with E-state index >= 15 is 0 Å². The van der Waals surface area contributed by atoms with Crippen LogP contribution in [0, 0.1) is 0 Å². The van der Waals surface area contributed by atoms with Gasteiger partial charge in [0, 0.05) is 6.42 Å². The van der Waals surface area contributed by atoms with E-state index in [0.717, 1.165) is 3.79 Å². The Labute approximate surface area is 118 Å². The summed E-state index contributed by atoms with van der Waals surface area (Å²) >= 11 is 4.57. The van der Waals surface area contributed by atoms with Crippen LogP contribution in [-0.4, -0.2) is 22.5 Å². The summed E-state index contributed by atoms with van der Waals surface area (Å²) < 4.78 is 5.94. The summed E-state index contributed by atoms with van der Waals surface area (Å²) in [5, 5.41) is 3.12. The zero-order valence-corrected chi connectivity index (χ0v) is 12.9. The summed E-state index contributed by atoms with van der Waals surface area (Å²) in [5.41, 5.74) is -0.520. The fraction of sp³-hybridized carbons (Fsp3) is 0.545. The van der Waals surface area contributed by atoms with Gasteiger partial charge in [-0.25, -0.2) is 4.98 Å². The summed E-state index contributed by atoms with van der Waals surface area (Å²) in [7, 11) is 0. The normalized spacial score (nSPS) is 11.1. The van der Waals surface area contributed by atoms with Crippen molar-refractivity contribution in [3.63, 3.8) is 0 Å². The number of nitrogens with one attached hydrogen (secondary N) is 1. The van der Waals surface area contributed by atoms with Gasteiger partial charge in [0.15, 0.2) is 5.13 Å². The predicted octanol–water partition coefficient (Wildman–Crippen LogP) is 2.97. The average Bonchev–Trinajstić information content (AvgIpc) is 2.58. The molecule has 0 aromatic carbocycles. The molecule has 7 heteroatoms. The maximum atomic E-state index is 11.5. The zero-order chi connectivity index (χ0) is 13.8. The van der Waals surface area contributed by atoms with E-state index in [0.29, 0.717) is 5.13 Å². The van der Waals surface area contributed by atoms with E-state index in [4.69, 9.17) is 4.74 Å². The van der Waals surface area contributed by atoms with E-state index < -0.39 is 5.60 Å². The van der Waals surface area contributed by atoms with Crippen LogP contribution in [0.15, 0.2) is 9.98 Å². The van der Waals surface area contributed by atoms with Crippen molar-refractivity contribution < 1.29 is 14.3 Å². The number of halogens is 1. The molecule has 0 aliphatic rings. The first-order valence-corrected chi connectivity index (χ1v) is 7.00. The standard InChI is InChI=1S/C11H15BrN2O3S/c1-11(2,3)17-9(16)5-4-8(15)14-10-13-6-7(12)18-10/h6H,4-5H2,1-3H3,(H,13,14,15). The molecule has 5 nitrogen and oxygen atoms in total. The van der Waals surface area contributed by atoms with Crippen molar-refractivity contribution in [3.05, 3.63) is 9.98 Å². The first-order valence-electron chi connectivity index (χ1n) is 5.39. The highest BCUT2D eigenvalue weighted by Crippen LogP contribution is 2.23. The van der Waals surface area contributed by atoms with Crippen molar-refractivity contribution in [2.75, 3.05) is 5.32 Å². The Morgan fingerprint density at radius 3 is 2.61 bits per heavy atom. The van der Waals surface area contributed by atoms with Gasteiger partial charge >= 0.3 is 5.97 Å². The minimum atomic E-state index is -0.520. The van der Waals surface area contributed by atoms with Crippen molar-refractivity contribution >= 4 is 44.3 Å². The minimum Gasteiger partial charge on any atom is -0.460 e. The van der Waals surface area contributed by atoms with Crippen LogP contribution >= 0.6 is 27.3 Å². The molecule has 18 heavy (non-hydrogen) atoms. The SMILES string of the molecule is CC(C)(C)OC(=O)CCC(=O)Nc1ncc(Br)s1. The Hall–Kier alpha value is -0.950. The van der Waals surface area contributed by atoms with Gasteiger partial charge in [-0.05, 0) is 36.7 Å². The van der Waals surface area contributed by atoms with Gasteiger partial charge < -0.3 is 10.1 Å². The molecule has 0 aliphatic carbocycles. The lowest BCUT2D eigenvalue weighted by atomic mass is 10.2. The molecule has 0 radical (unpaired) electrons. The number of aromatic nitrogens is 1. The summed E-state index contributed by atoms with van der Waals surface area (Å²) in [6.45, 7) is 5.37. The summed E-state index contributed by atoms with van der Waals surface area (Å²) in [6, 6.07) is 0. The molecular weight excluding hydrogens is 320 g/mol. The summed E-state index contributed by atoms with van der Waals surface area (Å²) in [6.07, 6.45) is 1.76. The van der Waals surface area contributed by atoms with Crippen LogP contribution in [-0.2, 0) is 14.3 Å². The average molecular weight is 335 g/mol. The second kappa shape index (κ2) is 6.29. The van der Waals surface area contributed by atoms with Crippen LogP contribution < -0.4 is 5.32 Å². The lowest BCUT2D eigenvalue weighted by Crippen LogP contribution is -2.24. The highest BCUT2D eigenvalue weighted by molar-refractivity contribution is 9.11. The van der Waals surface area contributed by atoms with Gasteiger partial charge in [0.05, 0.1) is 16.4 Å². The number of esters is 1. The molecule has 0 aliphatic heterocycles. The molecule has 100 valence electrons. The van der Waals surface area contributed by atoms with Gasteiger partial charge in [-0.15, -0.1) is 0 Å². The van der Waals surface area contributed by atoms with Crippen molar-refractivity contribution in [1.82, 2.24) is 4.98 Å². The molecule has 0 spiro atoms. The summed E-state index contributed by atoms with van der Waals surface area (Å²) in [5.74, 6) is -0.624. The Morgan fingerprint density at radius 1 is 1.44 bits per heavy atom. The largest absolute Gasteiger partial charge is 0.460 e. The van der Waals surface area contributed by atoms with Gasteiger partial charge in [-0.2, -0.15) is 0 Å². The third-order valence-electron chi connectivity index (χ3n) is 1.70. The fourth-order valence-electron chi connectivity index (χ4n) is 1.10. The lowest BCUT2D eigenvalue weighted by Gasteiger charge is -2.19. The minimum absolute atomic E-state index is 0.0651. The van der Waals surface area contributed by atoms with E-state index in [9.17, 15) is 9.59 Å². The quantitative estimate of drug-likeness (QED) is 0.859. The van der Waals surface area contributed by atoms with Gasteiger partial charge in [-0.1, -0.05) is 11.3 Å². The number of amides is 1. The van der Waals surface area contributed by atoms with Crippen LogP contribution in [0.2, 0.25) is 0 Å². The van der Waals surface area contributed by atoms with Gasteiger partial charge in [0.25, 0.3) is 0 Å². The molecule has 0 fully saturated rings. The predicted molar refractivity (Wildman–Crippen MR) is 73.5 cm³/mol. The Kier molecular flexibility index (Phi) is 5.28. The third-order valence-corrected chi connectivity index (χ3v) is 3.09. The number of anilines is 1. The van der Waals surface area contributed by atoms with Crippen LogP contribution in [0.3, 0.4) is 0 Å². The van der Waals surface area contributed by atoms with Crippen LogP contribution in [0.5, 0.6) is 0 Å². The molecule has 0 atom stereocenters. The molecule has 0 saturated heterocycles. The maximum Gasteiger partial charge on any atom is 0.306 e. The number of thiazole rings is 1. The topological polar surface area (TPSA) is 68.3 Å². The second-order valence-electron chi connectivity index (χ2n) is 4.60.